The molecule has 8 heteroatoms. The number of nitrogens with zero attached hydrogens (tertiary/aromatic N) is 4. The number of nitro benzene ring substituents is 1. The van der Waals surface area contributed by atoms with Crippen LogP contribution in [0.25, 0.3) is 0 Å². The van der Waals surface area contributed by atoms with Gasteiger partial charge in [0.25, 0.3) is 0 Å². The normalized spacial score (nSPS) is 10.6. The van der Waals surface area contributed by atoms with Crippen LogP contribution in [0, 0.1) is 10.1 Å². The van der Waals surface area contributed by atoms with Gasteiger partial charge in [-0.1, -0.05) is 11.3 Å². The lowest BCUT2D eigenvalue weighted by atomic mass is 10.2. The Morgan fingerprint density at radius 2 is 2.29 bits per heavy atom. The zero-order valence-corrected chi connectivity index (χ0v) is 11.6. The standard InChI is InChI=1S/C13H16N4O4/c1-21-13-5-4-10(7-12(13)17(19)20)8-16-9-11(14-15-16)3-2-6-18/h4-5,7,9,18H,2-3,6,8H2,1H3. The lowest BCUT2D eigenvalue weighted by Crippen LogP contribution is -2.02. The summed E-state index contributed by atoms with van der Waals surface area (Å²) >= 11 is 0. The molecule has 0 bridgehead atoms. The molecule has 1 aromatic heterocycles. The second-order valence-electron chi connectivity index (χ2n) is 4.50. The number of ether oxygens (including phenoxy) is 1. The lowest BCUT2D eigenvalue weighted by Gasteiger charge is -2.04. The number of rotatable bonds is 7. The summed E-state index contributed by atoms with van der Waals surface area (Å²) in [6, 6.07) is 4.78. The molecule has 0 amide bonds. The maximum atomic E-state index is 11.0. The Kier molecular flexibility index (Phi) is 4.83. The summed E-state index contributed by atoms with van der Waals surface area (Å²) in [4.78, 5) is 10.5. The molecule has 1 heterocycles. The average molecular weight is 292 g/mol. The smallest absolute Gasteiger partial charge is 0.311 e. The Balaban J connectivity index is 2.14. The van der Waals surface area contributed by atoms with E-state index in [-0.39, 0.29) is 18.0 Å². The first-order valence-corrected chi connectivity index (χ1v) is 6.45. The maximum Gasteiger partial charge on any atom is 0.311 e. The molecule has 2 aromatic rings. The maximum absolute atomic E-state index is 11.0. The highest BCUT2D eigenvalue weighted by atomic mass is 16.6. The van der Waals surface area contributed by atoms with Crippen molar-refractivity contribution in [2.75, 3.05) is 13.7 Å². The summed E-state index contributed by atoms with van der Waals surface area (Å²) in [6.45, 7) is 0.495. The Hall–Kier alpha value is -2.48. The SMILES string of the molecule is COc1ccc(Cn2cc(CCCO)nn2)cc1[N+](=O)[O-]. The van der Waals surface area contributed by atoms with Crippen LogP contribution in [0.3, 0.4) is 0 Å². The summed E-state index contributed by atoms with van der Waals surface area (Å²) in [5, 5.41) is 27.7. The second kappa shape index (κ2) is 6.80. The molecule has 8 nitrogen and oxygen atoms in total. The number of aliphatic hydroxyl groups excluding tert-OH is 1. The number of aromatic nitrogens is 3. The van der Waals surface area contributed by atoms with Crippen molar-refractivity contribution in [1.82, 2.24) is 15.0 Å². The quantitative estimate of drug-likeness (QED) is 0.607. The van der Waals surface area contributed by atoms with Crippen LogP contribution in [-0.2, 0) is 13.0 Å². The summed E-state index contributed by atoms with van der Waals surface area (Å²) in [7, 11) is 1.40. The van der Waals surface area contributed by atoms with Crippen LogP contribution in [0.15, 0.2) is 24.4 Å². The van der Waals surface area contributed by atoms with Crippen molar-refractivity contribution < 1.29 is 14.8 Å². The molecule has 0 unspecified atom stereocenters. The van der Waals surface area contributed by atoms with Crippen LogP contribution >= 0.6 is 0 Å². The molecule has 0 saturated carbocycles. The van der Waals surface area contributed by atoms with Gasteiger partial charge >= 0.3 is 5.69 Å². The van der Waals surface area contributed by atoms with Crippen molar-refractivity contribution >= 4 is 5.69 Å². The molecule has 0 spiro atoms. The van der Waals surface area contributed by atoms with Gasteiger partial charge in [0.2, 0.25) is 0 Å². The van der Waals surface area contributed by atoms with E-state index in [2.05, 4.69) is 10.3 Å². The topological polar surface area (TPSA) is 103 Å². The van der Waals surface area contributed by atoms with Crippen LogP contribution in [0.5, 0.6) is 5.75 Å². The summed E-state index contributed by atoms with van der Waals surface area (Å²) in [5.74, 6) is 0.228. The number of aryl methyl sites for hydroxylation is 1. The summed E-state index contributed by atoms with van der Waals surface area (Å²) in [5.41, 5.74) is 1.45. The molecular formula is C13H16N4O4. The molecule has 2 rings (SSSR count). The second-order valence-corrected chi connectivity index (χ2v) is 4.50. The van der Waals surface area contributed by atoms with Gasteiger partial charge in [-0.3, -0.25) is 10.1 Å². The van der Waals surface area contributed by atoms with Gasteiger partial charge in [0.15, 0.2) is 5.75 Å². The highest BCUT2D eigenvalue weighted by Gasteiger charge is 2.15. The van der Waals surface area contributed by atoms with E-state index in [9.17, 15) is 10.1 Å². The minimum absolute atomic E-state index is 0.0735. The number of hydrogen-bond donors (Lipinski definition) is 1. The zero-order valence-electron chi connectivity index (χ0n) is 11.6. The van der Waals surface area contributed by atoms with E-state index in [1.54, 1.807) is 23.0 Å². The van der Waals surface area contributed by atoms with Gasteiger partial charge in [-0.25, -0.2) is 4.68 Å². The number of nitro groups is 1. The molecule has 112 valence electrons. The minimum atomic E-state index is -0.476. The third-order valence-corrected chi connectivity index (χ3v) is 2.96. The van der Waals surface area contributed by atoms with Gasteiger partial charge in [0.1, 0.15) is 0 Å². The van der Waals surface area contributed by atoms with Gasteiger partial charge < -0.3 is 9.84 Å². The van der Waals surface area contributed by atoms with Crippen LogP contribution < -0.4 is 4.74 Å². The van der Waals surface area contributed by atoms with Crippen molar-refractivity contribution in [2.24, 2.45) is 0 Å². The van der Waals surface area contributed by atoms with Gasteiger partial charge in [-0.05, 0) is 24.5 Å². The molecule has 0 radical (unpaired) electrons. The highest BCUT2D eigenvalue weighted by Crippen LogP contribution is 2.27. The highest BCUT2D eigenvalue weighted by molar-refractivity contribution is 5.48. The Bertz CT molecular complexity index is 626. The third-order valence-electron chi connectivity index (χ3n) is 2.96. The number of benzene rings is 1. The Morgan fingerprint density at radius 1 is 1.48 bits per heavy atom. The largest absolute Gasteiger partial charge is 0.490 e. The van der Waals surface area contributed by atoms with Crippen LogP contribution in [0.4, 0.5) is 5.69 Å². The van der Waals surface area contributed by atoms with Gasteiger partial charge in [-0.15, -0.1) is 5.10 Å². The van der Waals surface area contributed by atoms with Crippen molar-refractivity contribution in [3.63, 3.8) is 0 Å². The average Bonchev–Trinajstić information content (AvgIpc) is 2.92. The van der Waals surface area contributed by atoms with Crippen LogP contribution in [0.2, 0.25) is 0 Å². The first-order valence-electron chi connectivity index (χ1n) is 6.45. The molecule has 0 aliphatic rings. The monoisotopic (exact) mass is 292 g/mol. The molecule has 1 N–H and O–H groups in total. The minimum Gasteiger partial charge on any atom is -0.490 e. The van der Waals surface area contributed by atoms with Crippen molar-refractivity contribution in [1.29, 1.82) is 0 Å². The molecule has 1 aromatic carbocycles. The van der Waals surface area contributed by atoms with Crippen molar-refractivity contribution in [3.8, 4) is 5.75 Å². The Morgan fingerprint density at radius 3 is 2.95 bits per heavy atom. The predicted octanol–water partition coefficient (Wildman–Crippen LogP) is 1.17. The fourth-order valence-corrected chi connectivity index (χ4v) is 1.95. The van der Waals surface area contributed by atoms with E-state index in [1.807, 2.05) is 0 Å². The fraction of sp³-hybridized carbons (Fsp3) is 0.385. The molecule has 0 aliphatic heterocycles. The third kappa shape index (κ3) is 3.76. The van der Waals surface area contributed by atoms with E-state index in [0.717, 1.165) is 11.3 Å². The van der Waals surface area contributed by atoms with Gasteiger partial charge in [0, 0.05) is 18.9 Å². The van der Waals surface area contributed by atoms with Crippen molar-refractivity contribution in [2.45, 2.75) is 19.4 Å². The van der Waals surface area contributed by atoms with E-state index < -0.39 is 4.92 Å². The molecular weight excluding hydrogens is 276 g/mol. The van der Waals surface area contributed by atoms with Gasteiger partial charge in [0.05, 0.1) is 24.3 Å². The molecule has 0 aliphatic carbocycles. The van der Waals surface area contributed by atoms with E-state index in [1.165, 1.54) is 13.2 Å². The predicted molar refractivity (Wildman–Crippen MR) is 74.2 cm³/mol. The fourth-order valence-electron chi connectivity index (χ4n) is 1.95. The summed E-state index contributed by atoms with van der Waals surface area (Å²) < 4.78 is 6.57. The molecule has 21 heavy (non-hydrogen) atoms. The lowest BCUT2D eigenvalue weighted by molar-refractivity contribution is -0.385. The van der Waals surface area contributed by atoms with E-state index >= 15 is 0 Å². The van der Waals surface area contributed by atoms with Crippen LogP contribution in [-0.4, -0.2) is 38.7 Å². The first-order chi connectivity index (χ1) is 10.1. The van der Waals surface area contributed by atoms with Crippen molar-refractivity contribution in [3.05, 3.63) is 45.8 Å². The Labute approximate surface area is 121 Å². The summed E-state index contributed by atoms with van der Waals surface area (Å²) in [6.07, 6.45) is 3.05. The molecule has 0 atom stereocenters. The number of aliphatic hydroxyl groups is 1. The zero-order chi connectivity index (χ0) is 15.2. The first kappa shape index (κ1) is 14.9. The number of methoxy groups -OCH3 is 1. The molecule has 0 fully saturated rings. The van der Waals surface area contributed by atoms with Crippen LogP contribution in [0.1, 0.15) is 17.7 Å². The number of hydrogen-bond acceptors (Lipinski definition) is 6. The molecule has 0 saturated heterocycles. The van der Waals surface area contributed by atoms with Gasteiger partial charge in [-0.2, -0.15) is 0 Å². The van der Waals surface area contributed by atoms with E-state index in [4.69, 9.17) is 9.84 Å². The van der Waals surface area contributed by atoms with E-state index in [0.29, 0.717) is 19.4 Å².